The molecule has 1 heterocycles. The molecule has 0 aromatic heterocycles. The van der Waals surface area contributed by atoms with Crippen molar-refractivity contribution in [2.75, 3.05) is 0 Å². The van der Waals surface area contributed by atoms with Crippen LogP contribution in [0.2, 0.25) is 0 Å². The van der Waals surface area contributed by atoms with Crippen LogP contribution in [0.5, 0.6) is 5.75 Å². The van der Waals surface area contributed by atoms with Crippen LogP contribution >= 0.6 is 0 Å². The molecular formula is C14H13FO. The summed E-state index contributed by atoms with van der Waals surface area (Å²) in [6, 6.07) is 4.87. The first-order valence-corrected chi connectivity index (χ1v) is 5.19. The molecule has 2 heteroatoms. The lowest BCUT2D eigenvalue weighted by Crippen LogP contribution is -1.95. The maximum Gasteiger partial charge on any atom is 0.133 e. The fourth-order valence-electron chi connectivity index (χ4n) is 1.82. The average Bonchev–Trinajstić information content (AvgIpc) is 2.48. The summed E-state index contributed by atoms with van der Waals surface area (Å²) >= 11 is 0. The van der Waals surface area contributed by atoms with Gasteiger partial charge in [0.1, 0.15) is 17.3 Å². The van der Waals surface area contributed by atoms with E-state index < -0.39 is 0 Å². The zero-order valence-electron chi connectivity index (χ0n) is 9.00. The van der Waals surface area contributed by atoms with Crippen molar-refractivity contribution < 1.29 is 9.13 Å². The van der Waals surface area contributed by atoms with Gasteiger partial charge < -0.3 is 4.74 Å². The minimum absolute atomic E-state index is 0.216. The molecule has 16 heavy (non-hydrogen) atoms. The van der Waals surface area contributed by atoms with Crippen molar-refractivity contribution in [3.8, 4) is 5.75 Å². The quantitative estimate of drug-likeness (QED) is 0.731. The van der Waals surface area contributed by atoms with Crippen LogP contribution in [0.25, 0.3) is 0 Å². The maximum absolute atomic E-state index is 13.6. The van der Waals surface area contributed by atoms with Crippen LogP contribution in [0.1, 0.15) is 12.0 Å². The van der Waals surface area contributed by atoms with Crippen LogP contribution in [-0.2, 0) is 6.42 Å². The molecule has 0 bridgehead atoms. The predicted molar refractivity (Wildman–Crippen MR) is 62.8 cm³/mol. The van der Waals surface area contributed by atoms with Gasteiger partial charge in [0.2, 0.25) is 0 Å². The molecular weight excluding hydrogens is 203 g/mol. The topological polar surface area (TPSA) is 9.23 Å². The van der Waals surface area contributed by atoms with Gasteiger partial charge >= 0.3 is 0 Å². The summed E-state index contributed by atoms with van der Waals surface area (Å²) in [5.74, 6) is 1.03. The summed E-state index contributed by atoms with van der Waals surface area (Å²) < 4.78 is 19.2. The lowest BCUT2D eigenvalue weighted by Gasteiger charge is -2.08. The summed E-state index contributed by atoms with van der Waals surface area (Å²) in [7, 11) is 0. The average molecular weight is 216 g/mol. The first-order valence-electron chi connectivity index (χ1n) is 5.19. The van der Waals surface area contributed by atoms with E-state index in [0.717, 1.165) is 12.0 Å². The Balaban J connectivity index is 2.48. The monoisotopic (exact) mass is 216 g/mol. The Morgan fingerprint density at radius 1 is 1.19 bits per heavy atom. The van der Waals surface area contributed by atoms with Gasteiger partial charge in [-0.1, -0.05) is 25.3 Å². The third kappa shape index (κ3) is 1.78. The molecule has 1 aliphatic rings. The lowest BCUT2D eigenvalue weighted by molar-refractivity contribution is 0.435. The Labute approximate surface area is 94.6 Å². The summed E-state index contributed by atoms with van der Waals surface area (Å²) in [5, 5.41) is 0. The molecule has 0 atom stereocenters. The largest absolute Gasteiger partial charge is 0.457 e. The van der Waals surface area contributed by atoms with Crippen LogP contribution in [0, 0.1) is 5.82 Å². The Kier molecular flexibility index (Phi) is 2.91. The number of halogens is 1. The van der Waals surface area contributed by atoms with Crippen molar-refractivity contribution in [2.45, 2.75) is 12.8 Å². The first kappa shape index (κ1) is 10.7. The molecule has 1 aliphatic heterocycles. The van der Waals surface area contributed by atoms with Crippen LogP contribution in [0.4, 0.5) is 4.39 Å². The van der Waals surface area contributed by atoms with Gasteiger partial charge in [-0.3, -0.25) is 0 Å². The van der Waals surface area contributed by atoms with Gasteiger partial charge in [-0.2, -0.15) is 0 Å². The Hall–Kier alpha value is -1.83. The normalized spacial score (nSPS) is 14.8. The SMILES string of the molecule is C=CC1=C(C=C)Oc2cccc(F)c2CC1. The number of benzene rings is 1. The van der Waals surface area contributed by atoms with E-state index in [-0.39, 0.29) is 5.82 Å². The standard InChI is InChI=1S/C14H13FO/c1-3-10-8-9-11-12(15)6-5-7-14(11)16-13(10)4-2/h3-7H,1-2,8-9H2. The molecule has 1 aromatic rings. The van der Waals surface area contributed by atoms with E-state index in [0.29, 0.717) is 23.5 Å². The van der Waals surface area contributed by atoms with Crippen LogP contribution in [0.3, 0.4) is 0 Å². The van der Waals surface area contributed by atoms with Crippen molar-refractivity contribution >= 4 is 0 Å². The number of hydrogen-bond donors (Lipinski definition) is 0. The number of ether oxygens (including phenoxy) is 1. The molecule has 0 saturated heterocycles. The van der Waals surface area contributed by atoms with Crippen molar-refractivity contribution in [1.82, 2.24) is 0 Å². The fourth-order valence-corrected chi connectivity index (χ4v) is 1.82. The maximum atomic E-state index is 13.6. The third-order valence-corrected chi connectivity index (χ3v) is 2.69. The van der Waals surface area contributed by atoms with Crippen LogP contribution in [-0.4, -0.2) is 0 Å². The molecule has 1 aromatic carbocycles. The highest BCUT2D eigenvalue weighted by Crippen LogP contribution is 2.31. The van der Waals surface area contributed by atoms with Crippen molar-refractivity contribution in [3.05, 3.63) is 66.2 Å². The Bertz CT molecular complexity index is 472. The number of hydrogen-bond acceptors (Lipinski definition) is 1. The van der Waals surface area contributed by atoms with Crippen LogP contribution in [0.15, 0.2) is 54.8 Å². The van der Waals surface area contributed by atoms with E-state index in [2.05, 4.69) is 13.2 Å². The van der Waals surface area contributed by atoms with Crippen LogP contribution < -0.4 is 4.74 Å². The summed E-state index contributed by atoms with van der Waals surface area (Å²) in [4.78, 5) is 0. The molecule has 0 radical (unpaired) electrons. The molecule has 1 nitrogen and oxygen atoms in total. The van der Waals surface area contributed by atoms with E-state index >= 15 is 0 Å². The van der Waals surface area contributed by atoms with Crippen molar-refractivity contribution in [3.63, 3.8) is 0 Å². The van der Waals surface area contributed by atoms with Crippen molar-refractivity contribution in [1.29, 1.82) is 0 Å². The van der Waals surface area contributed by atoms with Gasteiger partial charge in [0, 0.05) is 5.56 Å². The molecule has 2 rings (SSSR count). The second-order valence-corrected chi connectivity index (χ2v) is 3.62. The smallest absolute Gasteiger partial charge is 0.133 e. The second-order valence-electron chi connectivity index (χ2n) is 3.62. The highest BCUT2D eigenvalue weighted by atomic mass is 19.1. The Morgan fingerprint density at radius 3 is 2.69 bits per heavy atom. The molecule has 0 spiro atoms. The summed E-state index contributed by atoms with van der Waals surface area (Å²) in [6.07, 6.45) is 4.72. The Morgan fingerprint density at radius 2 is 2.00 bits per heavy atom. The lowest BCUT2D eigenvalue weighted by atomic mass is 10.0. The number of allylic oxidation sites excluding steroid dienone is 3. The minimum Gasteiger partial charge on any atom is -0.457 e. The zero-order chi connectivity index (χ0) is 11.5. The van der Waals surface area contributed by atoms with E-state index in [1.165, 1.54) is 6.07 Å². The highest BCUT2D eigenvalue weighted by molar-refractivity contribution is 5.42. The van der Waals surface area contributed by atoms with E-state index in [1.807, 2.05) is 0 Å². The molecule has 82 valence electrons. The van der Waals surface area contributed by atoms with E-state index in [9.17, 15) is 4.39 Å². The third-order valence-electron chi connectivity index (χ3n) is 2.69. The summed E-state index contributed by atoms with van der Waals surface area (Å²) in [6.45, 7) is 7.43. The van der Waals surface area contributed by atoms with E-state index in [1.54, 1.807) is 24.3 Å². The number of fused-ring (bicyclic) bond motifs is 1. The molecule has 0 amide bonds. The predicted octanol–water partition coefficient (Wildman–Crippen LogP) is 3.78. The van der Waals surface area contributed by atoms with Gasteiger partial charge in [0.05, 0.1) is 0 Å². The first-order chi connectivity index (χ1) is 7.76. The highest BCUT2D eigenvalue weighted by Gasteiger charge is 2.16. The fraction of sp³-hybridized carbons (Fsp3) is 0.143. The van der Waals surface area contributed by atoms with Gasteiger partial charge in [0.15, 0.2) is 0 Å². The number of rotatable bonds is 2. The van der Waals surface area contributed by atoms with E-state index in [4.69, 9.17) is 4.74 Å². The van der Waals surface area contributed by atoms with Gasteiger partial charge in [-0.25, -0.2) is 4.39 Å². The van der Waals surface area contributed by atoms with Crippen molar-refractivity contribution in [2.24, 2.45) is 0 Å². The molecule has 0 fully saturated rings. The van der Waals surface area contributed by atoms with Gasteiger partial charge in [0.25, 0.3) is 0 Å². The van der Waals surface area contributed by atoms with Gasteiger partial charge in [-0.15, -0.1) is 0 Å². The second kappa shape index (κ2) is 4.35. The molecule has 0 aliphatic carbocycles. The minimum atomic E-state index is -0.216. The zero-order valence-corrected chi connectivity index (χ0v) is 9.00. The molecule has 0 unspecified atom stereocenters. The van der Waals surface area contributed by atoms with Gasteiger partial charge in [-0.05, 0) is 36.6 Å². The summed E-state index contributed by atoms with van der Waals surface area (Å²) in [5.41, 5.74) is 1.59. The molecule has 0 saturated carbocycles. The molecule has 0 N–H and O–H groups in total.